The van der Waals surface area contributed by atoms with E-state index in [0.29, 0.717) is 24.9 Å². The predicted molar refractivity (Wildman–Crippen MR) is 98.2 cm³/mol. The van der Waals surface area contributed by atoms with Gasteiger partial charge in [0.1, 0.15) is 17.8 Å². The maximum atomic E-state index is 12.3. The van der Waals surface area contributed by atoms with Crippen molar-refractivity contribution in [1.82, 2.24) is 15.5 Å². The number of aliphatic carboxylic acids is 1. The Bertz CT molecular complexity index is 736. The van der Waals surface area contributed by atoms with Gasteiger partial charge in [0.2, 0.25) is 17.7 Å². The average molecular weight is 392 g/mol. The number of likely N-dealkylation sites (tertiary alicyclic amines) is 1. The lowest BCUT2D eigenvalue weighted by Gasteiger charge is -2.23. The number of carboxylic acids is 1. The number of phenolic OH excluding ortho intramolecular Hbond substituents is 1. The normalized spacial score (nSPS) is 17.0. The number of nitrogens with two attached hydrogens (primary N) is 1. The van der Waals surface area contributed by atoms with Crippen molar-refractivity contribution in [3.8, 4) is 5.75 Å². The lowest BCUT2D eigenvalue weighted by Crippen LogP contribution is -2.51. The number of hydrogen-bond donors (Lipinski definition) is 5. The molecule has 1 aromatic rings. The minimum atomic E-state index is -1.22. The van der Waals surface area contributed by atoms with Crippen molar-refractivity contribution < 1.29 is 29.4 Å². The smallest absolute Gasteiger partial charge is 0.326 e. The van der Waals surface area contributed by atoms with Gasteiger partial charge < -0.3 is 31.5 Å². The van der Waals surface area contributed by atoms with E-state index in [1.807, 2.05) is 0 Å². The zero-order chi connectivity index (χ0) is 20.7. The first kappa shape index (κ1) is 21.2. The van der Waals surface area contributed by atoms with E-state index >= 15 is 0 Å². The second-order valence-corrected chi connectivity index (χ2v) is 6.50. The molecule has 0 unspecified atom stereocenters. The minimum absolute atomic E-state index is 0.0245. The number of nitrogens with zero attached hydrogens (tertiary/aromatic N) is 1. The average Bonchev–Trinajstić information content (AvgIpc) is 3.16. The molecule has 1 aliphatic heterocycles. The highest BCUT2D eigenvalue weighted by atomic mass is 16.4. The van der Waals surface area contributed by atoms with Crippen LogP contribution in [0.15, 0.2) is 24.3 Å². The van der Waals surface area contributed by atoms with Crippen LogP contribution < -0.4 is 16.4 Å². The van der Waals surface area contributed by atoms with E-state index in [9.17, 15) is 29.4 Å². The third-order valence-electron chi connectivity index (χ3n) is 4.48. The van der Waals surface area contributed by atoms with Gasteiger partial charge in [-0.1, -0.05) is 12.1 Å². The number of phenols is 1. The van der Waals surface area contributed by atoms with E-state index < -0.39 is 36.4 Å². The highest BCUT2D eigenvalue weighted by molar-refractivity contribution is 5.92. The summed E-state index contributed by atoms with van der Waals surface area (Å²) < 4.78 is 0. The first-order valence-electron chi connectivity index (χ1n) is 8.89. The van der Waals surface area contributed by atoms with Crippen molar-refractivity contribution in [3.05, 3.63) is 29.8 Å². The number of carbonyl (C=O) groups is 4. The molecule has 152 valence electrons. The number of carbonyl (C=O) groups excluding carboxylic acids is 3. The summed E-state index contributed by atoms with van der Waals surface area (Å²) >= 11 is 0. The molecule has 0 aliphatic carbocycles. The Morgan fingerprint density at radius 3 is 2.50 bits per heavy atom. The predicted octanol–water partition coefficient (Wildman–Crippen LogP) is -1.43. The quantitative estimate of drug-likeness (QED) is 0.362. The second kappa shape index (κ2) is 9.70. The van der Waals surface area contributed by atoms with Crippen LogP contribution >= 0.6 is 0 Å². The van der Waals surface area contributed by atoms with Crippen molar-refractivity contribution in [2.45, 2.75) is 31.3 Å². The highest BCUT2D eigenvalue weighted by Gasteiger charge is 2.33. The van der Waals surface area contributed by atoms with Gasteiger partial charge in [-0.15, -0.1) is 0 Å². The largest absolute Gasteiger partial charge is 0.508 e. The van der Waals surface area contributed by atoms with Gasteiger partial charge in [0.25, 0.3) is 0 Å². The Morgan fingerprint density at radius 1 is 1.21 bits per heavy atom. The molecule has 10 heteroatoms. The Hall–Kier alpha value is -3.14. The fourth-order valence-electron chi connectivity index (χ4n) is 3.05. The van der Waals surface area contributed by atoms with Crippen LogP contribution in [0.1, 0.15) is 18.4 Å². The van der Waals surface area contributed by atoms with Gasteiger partial charge in [-0.2, -0.15) is 0 Å². The van der Waals surface area contributed by atoms with E-state index in [4.69, 9.17) is 5.73 Å². The topological polar surface area (TPSA) is 162 Å². The molecule has 6 N–H and O–H groups in total. The van der Waals surface area contributed by atoms with E-state index in [0.717, 1.165) is 0 Å². The van der Waals surface area contributed by atoms with Gasteiger partial charge in [0.05, 0.1) is 13.1 Å². The van der Waals surface area contributed by atoms with Gasteiger partial charge in [0, 0.05) is 13.0 Å². The lowest BCUT2D eigenvalue weighted by atomic mass is 10.1. The summed E-state index contributed by atoms with van der Waals surface area (Å²) in [4.78, 5) is 48.8. The van der Waals surface area contributed by atoms with E-state index in [2.05, 4.69) is 10.6 Å². The van der Waals surface area contributed by atoms with Gasteiger partial charge in [0.15, 0.2) is 0 Å². The summed E-state index contributed by atoms with van der Waals surface area (Å²) in [7, 11) is 0. The molecule has 2 atom stereocenters. The standard InChI is InChI=1S/C18H24N4O6/c19-9-16(25)22-7-1-2-14(22)17(26)20-10-15(24)21-13(18(27)28)8-11-3-5-12(23)6-4-11/h3-6,13-14,23H,1-2,7-10,19H2,(H,20,26)(H,21,24)(H,27,28)/t13-,14-/m0/s1. The maximum Gasteiger partial charge on any atom is 0.326 e. The number of amides is 3. The molecule has 28 heavy (non-hydrogen) atoms. The molecule has 2 rings (SSSR count). The van der Waals surface area contributed by atoms with Crippen molar-refractivity contribution in [3.63, 3.8) is 0 Å². The van der Waals surface area contributed by atoms with E-state index in [1.54, 1.807) is 12.1 Å². The molecule has 1 saturated heterocycles. The monoisotopic (exact) mass is 392 g/mol. The lowest BCUT2D eigenvalue weighted by molar-refractivity contribution is -0.142. The van der Waals surface area contributed by atoms with Crippen LogP contribution in [0.5, 0.6) is 5.75 Å². The number of aromatic hydroxyl groups is 1. The molecular formula is C18H24N4O6. The first-order valence-corrected chi connectivity index (χ1v) is 8.89. The van der Waals surface area contributed by atoms with Gasteiger partial charge >= 0.3 is 5.97 Å². The second-order valence-electron chi connectivity index (χ2n) is 6.50. The molecule has 1 fully saturated rings. The summed E-state index contributed by atoms with van der Waals surface area (Å²) in [5, 5.41) is 23.4. The molecule has 1 aromatic carbocycles. The number of hydrogen-bond acceptors (Lipinski definition) is 6. The van der Waals surface area contributed by atoms with Crippen LogP contribution in [0.2, 0.25) is 0 Å². The Balaban J connectivity index is 1.87. The molecule has 3 amide bonds. The molecule has 1 aliphatic rings. The van der Waals surface area contributed by atoms with Gasteiger partial charge in [-0.05, 0) is 30.5 Å². The third kappa shape index (κ3) is 5.68. The maximum absolute atomic E-state index is 12.3. The molecule has 0 aromatic heterocycles. The number of rotatable bonds is 8. The number of nitrogens with one attached hydrogen (secondary N) is 2. The molecule has 1 heterocycles. The Morgan fingerprint density at radius 2 is 1.89 bits per heavy atom. The highest BCUT2D eigenvalue weighted by Crippen LogP contribution is 2.17. The fraction of sp³-hybridized carbons (Fsp3) is 0.444. The minimum Gasteiger partial charge on any atom is -0.508 e. The van der Waals surface area contributed by atoms with Crippen LogP contribution in [0.3, 0.4) is 0 Å². The van der Waals surface area contributed by atoms with E-state index in [-0.39, 0.29) is 24.6 Å². The van der Waals surface area contributed by atoms with Gasteiger partial charge in [-0.3, -0.25) is 14.4 Å². The summed E-state index contributed by atoms with van der Waals surface area (Å²) in [6, 6.07) is 4.11. The van der Waals surface area contributed by atoms with Crippen LogP contribution in [0, 0.1) is 0 Å². The third-order valence-corrected chi connectivity index (χ3v) is 4.48. The zero-order valence-corrected chi connectivity index (χ0v) is 15.3. The van der Waals surface area contributed by atoms with Gasteiger partial charge in [-0.25, -0.2) is 4.79 Å². The number of benzene rings is 1. The fourth-order valence-corrected chi connectivity index (χ4v) is 3.05. The Kier molecular flexibility index (Phi) is 7.33. The summed E-state index contributed by atoms with van der Waals surface area (Å²) in [5.74, 6) is -2.63. The van der Waals surface area contributed by atoms with E-state index in [1.165, 1.54) is 17.0 Å². The van der Waals surface area contributed by atoms with Crippen molar-refractivity contribution >= 4 is 23.7 Å². The Labute approximate surface area is 161 Å². The SMILES string of the molecule is NCC(=O)N1CCC[C@H]1C(=O)NCC(=O)N[C@@H](Cc1ccc(O)cc1)C(=O)O. The van der Waals surface area contributed by atoms with Crippen molar-refractivity contribution in [1.29, 1.82) is 0 Å². The van der Waals surface area contributed by atoms with Crippen LogP contribution in [-0.4, -0.2) is 70.5 Å². The zero-order valence-electron chi connectivity index (χ0n) is 15.3. The summed E-state index contributed by atoms with van der Waals surface area (Å²) in [6.45, 7) is -0.158. The molecule has 0 spiro atoms. The molecule has 0 saturated carbocycles. The first-order chi connectivity index (χ1) is 13.3. The molecule has 0 bridgehead atoms. The summed E-state index contributed by atoms with van der Waals surface area (Å²) in [6.07, 6.45) is 1.18. The van der Waals surface area contributed by atoms with Crippen molar-refractivity contribution in [2.75, 3.05) is 19.6 Å². The summed E-state index contributed by atoms with van der Waals surface area (Å²) in [5.41, 5.74) is 5.96. The molecule has 0 radical (unpaired) electrons. The van der Waals surface area contributed by atoms with Crippen molar-refractivity contribution in [2.24, 2.45) is 5.73 Å². The molecular weight excluding hydrogens is 368 g/mol. The van der Waals surface area contributed by atoms with Crippen LogP contribution in [-0.2, 0) is 25.6 Å². The molecule has 10 nitrogen and oxygen atoms in total. The number of carboxylic acid groups (broad SMARTS) is 1. The van der Waals surface area contributed by atoms with Crippen LogP contribution in [0.25, 0.3) is 0 Å². The van der Waals surface area contributed by atoms with Crippen LogP contribution in [0.4, 0.5) is 0 Å².